The van der Waals surface area contributed by atoms with Gasteiger partial charge in [-0.1, -0.05) is 78.9 Å². The van der Waals surface area contributed by atoms with Gasteiger partial charge in [0.05, 0.1) is 22.7 Å². The smallest absolute Gasteiger partial charge is 0.267 e. The van der Waals surface area contributed by atoms with Gasteiger partial charge < -0.3 is 0 Å². The third-order valence-corrected chi connectivity index (χ3v) is 5.87. The van der Waals surface area contributed by atoms with E-state index >= 15 is 0 Å². The molecule has 6 heteroatoms. The van der Waals surface area contributed by atoms with Crippen LogP contribution >= 0.6 is 0 Å². The first-order valence-corrected chi connectivity index (χ1v) is 12.2. The lowest BCUT2D eigenvalue weighted by atomic mass is 10.1. The summed E-state index contributed by atoms with van der Waals surface area (Å²) in [5.41, 5.74) is 9.91. The van der Waals surface area contributed by atoms with Crippen LogP contribution in [0.5, 0.6) is 0 Å². The quantitative estimate of drug-likeness (QED) is 0.235. The van der Waals surface area contributed by atoms with Crippen molar-refractivity contribution in [1.29, 1.82) is 0 Å². The number of carbonyl (C=O) groups excluding carboxylic acids is 2. The number of para-hydroxylation sites is 4. The van der Waals surface area contributed by atoms with Gasteiger partial charge in [0, 0.05) is 11.1 Å². The summed E-state index contributed by atoms with van der Waals surface area (Å²) in [4.78, 5) is 26.7. The molecule has 0 aliphatic heterocycles. The fraction of sp³-hybridized carbons (Fsp3) is 0. The van der Waals surface area contributed by atoms with Crippen LogP contribution in [0.4, 0.5) is 22.7 Å². The Labute approximate surface area is 221 Å². The monoisotopic (exact) mass is 498 g/mol. The molecule has 5 aromatic carbocycles. The maximum Gasteiger partial charge on any atom is 0.270 e. The molecule has 0 atom stereocenters. The first-order chi connectivity index (χ1) is 18.7. The van der Waals surface area contributed by atoms with Crippen LogP contribution < -0.4 is 20.9 Å². The number of hydrogen-bond donors (Lipinski definition) is 2. The molecule has 0 saturated heterocycles. The van der Waals surface area contributed by atoms with Crippen molar-refractivity contribution in [2.24, 2.45) is 0 Å². The van der Waals surface area contributed by atoms with Crippen LogP contribution in [-0.2, 0) is 0 Å². The Morgan fingerprint density at radius 2 is 0.684 bits per heavy atom. The Hall–Kier alpha value is -5.36. The molecule has 186 valence electrons. The second-order valence-corrected chi connectivity index (χ2v) is 8.48. The number of nitrogens with zero attached hydrogens (tertiary/aromatic N) is 2. The average Bonchev–Trinajstić information content (AvgIpc) is 3.00. The van der Waals surface area contributed by atoms with Gasteiger partial charge in [-0.05, 0) is 66.7 Å². The van der Waals surface area contributed by atoms with Crippen molar-refractivity contribution in [3.05, 3.63) is 157 Å². The third-order valence-electron chi connectivity index (χ3n) is 5.87. The van der Waals surface area contributed by atoms with Crippen LogP contribution in [-0.4, -0.2) is 11.8 Å². The highest BCUT2D eigenvalue weighted by Crippen LogP contribution is 2.24. The number of rotatable bonds is 8. The molecule has 0 heterocycles. The first-order valence-electron chi connectivity index (χ1n) is 12.2. The topological polar surface area (TPSA) is 64.7 Å². The second-order valence-electron chi connectivity index (χ2n) is 8.48. The molecule has 6 nitrogen and oxygen atoms in total. The predicted molar refractivity (Wildman–Crippen MR) is 151 cm³/mol. The highest BCUT2D eigenvalue weighted by atomic mass is 16.2. The van der Waals surface area contributed by atoms with Crippen molar-refractivity contribution in [2.75, 3.05) is 10.0 Å². The Bertz CT molecular complexity index is 1300. The standard InChI is InChI=1S/C32H26N4O2/c37-31(33-35(27-16-5-1-6-17-27)28-18-7-2-8-19-28)25-14-13-15-26(24-25)32(38)34-36(29-20-9-3-10-21-29)30-22-11-4-12-23-30/h1-24H,(H,33,37)(H,34,38). The third kappa shape index (κ3) is 5.71. The summed E-state index contributed by atoms with van der Waals surface area (Å²) in [5.74, 6) is -0.675. The average molecular weight is 499 g/mol. The molecule has 0 fully saturated rings. The van der Waals surface area contributed by atoms with Gasteiger partial charge in [-0.3, -0.25) is 30.5 Å². The van der Waals surface area contributed by atoms with Crippen molar-refractivity contribution in [2.45, 2.75) is 0 Å². The molecule has 0 saturated carbocycles. The predicted octanol–water partition coefficient (Wildman–Crippen LogP) is 6.65. The zero-order chi connectivity index (χ0) is 26.2. The van der Waals surface area contributed by atoms with Crippen molar-refractivity contribution < 1.29 is 9.59 Å². The molecule has 38 heavy (non-hydrogen) atoms. The lowest BCUT2D eigenvalue weighted by molar-refractivity contribution is 0.0953. The molecule has 2 amide bonds. The van der Waals surface area contributed by atoms with Gasteiger partial charge in [-0.2, -0.15) is 0 Å². The van der Waals surface area contributed by atoms with Gasteiger partial charge in [0.25, 0.3) is 11.8 Å². The normalized spacial score (nSPS) is 10.3. The molecular weight excluding hydrogens is 472 g/mol. The number of carbonyl (C=O) groups is 2. The van der Waals surface area contributed by atoms with Crippen LogP contribution in [0.3, 0.4) is 0 Å². The Kier molecular flexibility index (Phi) is 7.42. The van der Waals surface area contributed by atoms with E-state index in [4.69, 9.17) is 0 Å². The number of amides is 2. The van der Waals surface area contributed by atoms with Gasteiger partial charge in [0.1, 0.15) is 0 Å². The van der Waals surface area contributed by atoms with E-state index in [0.29, 0.717) is 11.1 Å². The zero-order valence-corrected chi connectivity index (χ0v) is 20.6. The first kappa shape index (κ1) is 24.3. The largest absolute Gasteiger partial charge is 0.270 e. The van der Waals surface area contributed by atoms with E-state index in [1.54, 1.807) is 34.3 Å². The lowest BCUT2D eigenvalue weighted by Gasteiger charge is -2.26. The summed E-state index contributed by atoms with van der Waals surface area (Å²) in [7, 11) is 0. The van der Waals surface area contributed by atoms with Crippen LogP contribution in [0, 0.1) is 0 Å². The van der Waals surface area contributed by atoms with Gasteiger partial charge in [0.15, 0.2) is 0 Å². The minimum Gasteiger partial charge on any atom is -0.267 e. The summed E-state index contributed by atoms with van der Waals surface area (Å²) in [6.45, 7) is 0. The van der Waals surface area contributed by atoms with Crippen molar-refractivity contribution in [3.8, 4) is 0 Å². The number of benzene rings is 5. The van der Waals surface area contributed by atoms with Crippen molar-refractivity contribution >= 4 is 34.6 Å². The zero-order valence-electron chi connectivity index (χ0n) is 20.6. The Balaban J connectivity index is 1.38. The molecule has 0 unspecified atom stereocenters. The second kappa shape index (κ2) is 11.6. The van der Waals surface area contributed by atoms with E-state index in [9.17, 15) is 9.59 Å². The molecule has 0 bridgehead atoms. The molecule has 0 radical (unpaired) electrons. The summed E-state index contributed by atoms with van der Waals surface area (Å²) in [6, 6.07) is 45.0. The maximum atomic E-state index is 13.3. The maximum absolute atomic E-state index is 13.3. The number of nitrogens with one attached hydrogen (secondary N) is 2. The molecule has 5 aromatic rings. The van der Waals surface area contributed by atoms with Crippen LogP contribution in [0.25, 0.3) is 0 Å². The van der Waals surface area contributed by atoms with E-state index < -0.39 is 0 Å². The summed E-state index contributed by atoms with van der Waals surface area (Å²) < 4.78 is 0. The van der Waals surface area contributed by atoms with Gasteiger partial charge in [0.2, 0.25) is 0 Å². The molecular formula is C32H26N4O2. The van der Waals surface area contributed by atoms with E-state index in [2.05, 4.69) is 10.9 Å². The summed E-state index contributed by atoms with van der Waals surface area (Å²) in [6.07, 6.45) is 0. The fourth-order valence-corrected chi connectivity index (χ4v) is 4.00. The Morgan fingerprint density at radius 3 is 0.974 bits per heavy atom. The van der Waals surface area contributed by atoms with Crippen molar-refractivity contribution in [1.82, 2.24) is 10.9 Å². The SMILES string of the molecule is O=C(NN(c1ccccc1)c1ccccc1)c1cccc(C(=O)NN(c2ccccc2)c2ccccc2)c1. The van der Waals surface area contributed by atoms with Crippen LogP contribution in [0.1, 0.15) is 20.7 Å². The molecule has 0 spiro atoms. The number of hydrazine groups is 2. The Morgan fingerprint density at radius 1 is 0.395 bits per heavy atom. The molecule has 5 rings (SSSR count). The van der Waals surface area contributed by atoms with Crippen LogP contribution in [0.15, 0.2) is 146 Å². The number of hydrogen-bond acceptors (Lipinski definition) is 4. The van der Waals surface area contributed by atoms with E-state index in [1.807, 2.05) is 121 Å². The van der Waals surface area contributed by atoms with E-state index in [0.717, 1.165) is 22.7 Å². The van der Waals surface area contributed by atoms with E-state index in [1.165, 1.54) is 0 Å². The number of anilines is 4. The minimum atomic E-state index is -0.338. The minimum absolute atomic E-state index is 0.338. The van der Waals surface area contributed by atoms with Gasteiger partial charge >= 0.3 is 0 Å². The fourth-order valence-electron chi connectivity index (χ4n) is 4.00. The van der Waals surface area contributed by atoms with Gasteiger partial charge in [-0.15, -0.1) is 0 Å². The summed E-state index contributed by atoms with van der Waals surface area (Å²) in [5, 5.41) is 3.45. The molecule has 0 aromatic heterocycles. The van der Waals surface area contributed by atoms with E-state index in [-0.39, 0.29) is 11.8 Å². The summed E-state index contributed by atoms with van der Waals surface area (Å²) >= 11 is 0. The lowest BCUT2D eigenvalue weighted by Crippen LogP contribution is -2.40. The highest BCUT2D eigenvalue weighted by molar-refractivity contribution is 6.01. The molecule has 0 aliphatic rings. The van der Waals surface area contributed by atoms with Gasteiger partial charge in [-0.25, -0.2) is 0 Å². The molecule has 2 N–H and O–H groups in total. The molecule has 0 aliphatic carbocycles. The van der Waals surface area contributed by atoms with Crippen molar-refractivity contribution in [3.63, 3.8) is 0 Å². The van der Waals surface area contributed by atoms with Crippen LogP contribution in [0.2, 0.25) is 0 Å². The highest BCUT2D eigenvalue weighted by Gasteiger charge is 2.18.